The summed E-state index contributed by atoms with van der Waals surface area (Å²) in [6, 6.07) is 10.4. The maximum atomic E-state index is 11.6. The first-order valence-corrected chi connectivity index (χ1v) is 6.51. The van der Waals surface area contributed by atoms with E-state index >= 15 is 0 Å². The summed E-state index contributed by atoms with van der Waals surface area (Å²) in [7, 11) is 1.69. The largest absolute Gasteiger partial charge is 0.358 e. The minimum absolute atomic E-state index is 0.0699. The van der Waals surface area contributed by atoms with Crippen molar-refractivity contribution < 1.29 is 4.79 Å². The maximum absolute atomic E-state index is 11.6. The van der Waals surface area contributed by atoms with Crippen LogP contribution in [0.15, 0.2) is 30.3 Å². The Morgan fingerprint density at radius 1 is 1.44 bits per heavy atom. The van der Waals surface area contributed by atoms with Gasteiger partial charge >= 0.3 is 0 Å². The van der Waals surface area contributed by atoms with E-state index in [0.29, 0.717) is 0 Å². The van der Waals surface area contributed by atoms with Crippen molar-refractivity contribution in [1.29, 1.82) is 0 Å². The lowest BCUT2D eigenvalue weighted by molar-refractivity contribution is -0.123. The number of hydrogen-bond donors (Lipinski definition) is 2. The van der Waals surface area contributed by atoms with E-state index in [1.54, 1.807) is 7.05 Å². The minimum atomic E-state index is -0.0699. The van der Waals surface area contributed by atoms with Crippen molar-refractivity contribution in [2.45, 2.75) is 12.5 Å². The maximum Gasteiger partial charge on any atom is 0.238 e. The van der Waals surface area contributed by atoms with Gasteiger partial charge in [0.25, 0.3) is 0 Å². The number of amides is 1. The first-order chi connectivity index (χ1) is 8.79. The lowest BCUT2D eigenvalue weighted by atomic mass is 10.1. The fraction of sp³-hybridized carbons (Fsp3) is 0.500. The molecule has 1 saturated heterocycles. The molecule has 0 saturated carbocycles. The molecule has 0 radical (unpaired) electrons. The van der Waals surface area contributed by atoms with Crippen LogP contribution in [0.1, 0.15) is 5.56 Å². The Morgan fingerprint density at radius 3 is 2.94 bits per heavy atom. The monoisotopic (exact) mass is 247 g/mol. The van der Waals surface area contributed by atoms with Gasteiger partial charge in [0, 0.05) is 33.2 Å². The van der Waals surface area contributed by atoms with Crippen LogP contribution in [-0.4, -0.2) is 50.1 Å². The van der Waals surface area contributed by atoms with Crippen LogP contribution in [-0.2, 0) is 11.2 Å². The van der Waals surface area contributed by atoms with Gasteiger partial charge in [0.1, 0.15) is 0 Å². The number of likely N-dealkylation sites (N-methyl/N-ethyl adjacent to an activating group) is 1. The van der Waals surface area contributed by atoms with E-state index in [0.717, 1.165) is 32.6 Å². The van der Waals surface area contributed by atoms with Gasteiger partial charge in [0.05, 0.1) is 6.04 Å². The molecular weight excluding hydrogens is 226 g/mol. The van der Waals surface area contributed by atoms with E-state index in [1.807, 2.05) is 6.07 Å². The predicted octanol–water partition coefficient (Wildman–Crippen LogP) is 0.249. The zero-order valence-corrected chi connectivity index (χ0v) is 10.9. The number of hydrogen-bond acceptors (Lipinski definition) is 3. The van der Waals surface area contributed by atoms with Crippen molar-refractivity contribution >= 4 is 5.91 Å². The van der Waals surface area contributed by atoms with E-state index < -0.39 is 0 Å². The SMILES string of the molecule is CNC(=O)[C@H]1CN(CCc2ccccc2)CCN1. The second kappa shape index (κ2) is 6.52. The first-order valence-electron chi connectivity index (χ1n) is 6.51. The fourth-order valence-corrected chi connectivity index (χ4v) is 2.30. The summed E-state index contributed by atoms with van der Waals surface area (Å²) in [5.41, 5.74) is 1.35. The molecule has 0 unspecified atom stereocenters. The topological polar surface area (TPSA) is 44.4 Å². The number of benzene rings is 1. The van der Waals surface area contributed by atoms with Crippen LogP contribution in [0.3, 0.4) is 0 Å². The Balaban J connectivity index is 1.81. The second-order valence-electron chi connectivity index (χ2n) is 4.66. The third kappa shape index (κ3) is 3.55. The van der Waals surface area contributed by atoms with Crippen LogP contribution >= 0.6 is 0 Å². The third-order valence-corrected chi connectivity index (χ3v) is 3.38. The third-order valence-electron chi connectivity index (χ3n) is 3.38. The summed E-state index contributed by atoms with van der Waals surface area (Å²) in [6.07, 6.45) is 1.04. The normalized spacial score (nSPS) is 20.6. The van der Waals surface area contributed by atoms with E-state index in [4.69, 9.17) is 0 Å². The number of nitrogens with zero attached hydrogens (tertiary/aromatic N) is 1. The standard InChI is InChI=1S/C14H21N3O/c1-15-14(18)13-11-17(10-8-16-13)9-7-12-5-3-2-4-6-12/h2-6,13,16H,7-11H2,1H3,(H,15,18)/t13-/m1/s1. The molecule has 1 aromatic carbocycles. The lowest BCUT2D eigenvalue weighted by Crippen LogP contribution is -2.56. The van der Waals surface area contributed by atoms with Crippen molar-refractivity contribution in [3.05, 3.63) is 35.9 Å². The van der Waals surface area contributed by atoms with E-state index in [-0.39, 0.29) is 11.9 Å². The molecule has 1 amide bonds. The highest BCUT2D eigenvalue weighted by atomic mass is 16.2. The molecule has 2 N–H and O–H groups in total. The fourth-order valence-electron chi connectivity index (χ4n) is 2.30. The zero-order chi connectivity index (χ0) is 12.8. The van der Waals surface area contributed by atoms with Crippen LogP contribution < -0.4 is 10.6 Å². The van der Waals surface area contributed by atoms with Crippen LogP contribution in [0.5, 0.6) is 0 Å². The Bertz CT molecular complexity index is 380. The molecule has 1 heterocycles. The molecule has 1 aromatic rings. The molecule has 0 spiro atoms. The molecule has 0 aromatic heterocycles. The molecular formula is C14H21N3O. The quantitative estimate of drug-likeness (QED) is 0.801. The van der Waals surface area contributed by atoms with Crippen molar-refractivity contribution in [3.63, 3.8) is 0 Å². The highest BCUT2D eigenvalue weighted by Gasteiger charge is 2.23. The molecule has 4 heteroatoms. The number of carbonyl (C=O) groups excluding carboxylic acids is 1. The average Bonchev–Trinajstić information content (AvgIpc) is 2.45. The average molecular weight is 247 g/mol. The van der Waals surface area contributed by atoms with Gasteiger partial charge in [0.15, 0.2) is 0 Å². The first kappa shape index (κ1) is 13.1. The van der Waals surface area contributed by atoms with Crippen molar-refractivity contribution in [3.8, 4) is 0 Å². The molecule has 1 fully saturated rings. The molecule has 0 bridgehead atoms. The van der Waals surface area contributed by atoms with Crippen molar-refractivity contribution in [1.82, 2.24) is 15.5 Å². The number of carbonyl (C=O) groups is 1. The van der Waals surface area contributed by atoms with Gasteiger partial charge in [0.2, 0.25) is 5.91 Å². The van der Waals surface area contributed by atoms with Gasteiger partial charge in [-0.3, -0.25) is 9.69 Å². The van der Waals surface area contributed by atoms with Gasteiger partial charge in [-0.25, -0.2) is 0 Å². The second-order valence-corrected chi connectivity index (χ2v) is 4.66. The van der Waals surface area contributed by atoms with Gasteiger partial charge in [-0.15, -0.1) is 0 Å². The predicted molar refractivity (Wildman–Crippen MR) is 72.4 cm³/mol. The van der Waals surface area contributed by atoms with Gasteiger partial charge in [-0.05, 0) is 12.0 Å². The summed E-state index contributed by atoms with van der Waals surface area (Å²) in [5, 5.41) is 5.95. The van der Waals surface area contributed by atoms with Gasteiger partial charge in [-0.2, -0.15) is 0 Å². The molecule has 0 aliphatic carbocycles. The molecule has 98 valence electrons. The number of piperazine rings is 1. The molecule has 1 atom stereocenters. The molecule has 2 rings (SSSR count). The lowest BCUT2D eigenvalue weighted by Gasteiger charge is -2.32. The highest BCUT2D eigenvalue weighted by molar-refractivity contribution is 5.81. The number of nitrogens with one attached hydrogen (secondary N) is 2. The Morgan fingerprint density at radius 2 is 2.22 bits per heavy atom. The van der Waals surface area contributed by atoms with Crippen LogP contribution in [0.2, 0.25) is 0 Å². The van der Waals surface area contributed by atoms with Gasteiger partial charge < -0.3 is 10.6 Å². The summed E-state index contributed by atoms with van der Waals surface area (Å²) in [6.45, 7) is 3.71. The van der Waals surface area contributed by atoms with Crippen molar-refractivity contribution in [2.75, 3.05) is 33.2 Å². The summed E-state index contributed by atoms with van der Waals surface area (Å²) in [4.78, 5) is 13.9. The minimum Gasteiger partial charge on any atom is -0.358 e. The summed E-state index contributed by atoms with van der Waals surface area (Å²) in [5.74, 6) is 0.0828. The van der Waals surface area contributed by atoms with Gasteiger partial charge in [-0.1, -0.05) is 30.3 Å². The molecule has 1 aliphatic rings. The zero-order valence-electron chi connectivity index (χ0n) is 10.9. The highest BCUT2D eigenvalue weighted by Crippen LogP contribution is 2.04. The summed E-state index contributed by atoms with van der Waals surface area (Å²) < 4.78 is 0. The Labute approximate surface area is 108 Å². The molecule has 18 heavy (non-hydrogen) atoms. The number of rotatable bonds is 4. The van der Waals surface area contributed by atoms with Crippen LogP contribution in [0.4, 0.5) is 0 Å². The van der Waals surface area contributed by atoms with E-state index in [2.05, 4.69) is 39.8 Å². The van der Waals surface area contributed by atoms with E-state index in [1.165, 1.54) is 5.56 Å². The summed E-state index contributed by atoms with van der Waals surface area (Å²) >= 11 is 0. The molecule has 1 aliphatic heterocycles. The van der Waals surface area contributed by atoms with Crippen LogP contribution in [0.25, 0.3) is 0 Å². The van der Waals surface area contributed by atoms with E-state index in [9.17, 15) is 4.79 Å². The Kier molecular flexibility index (Phi) is 4.73. The Hall–Kier alpha value is -1.39. The smallest absolute Gasteiger partial charge is 0.238 e. The van der Waals surface area contributed by atoms with Crippen LogP contribution in [0, 0.1) is 0 Å². The molecule has 4 nitrogen and oxygen atoms in total. The van der Waals surface area contributed by atoms with Crippen molar-refractivity contribution in [2.24, 2.45) is 0 Å².